The maximum atomic E-state index is 12.1. The number of carbonyl (C=O) groups excluding carboxylic acids is 2. The number of rotatable bonds is 7. The van der Waals surface area contributed by atoms with Crippen molar-refractivity contribution in [2.75, 3.05) is 33.2 Å². The van der Waals surface area contributed by atoms with Crippen LogP contribution in [0.2, 0.25) is 0 Å². The zero-order valence-electron chi connectivity index (χ0n) is 12.8. The van der Waals surface area contributed by atoms with Crippen molar-refractivity contribution in [1.29, 1.82) is 5.26 Å². The Kier molecular flexibility index (Phi) is 6.57. The van der Waals surface area contributed by atoms with E-state index < -0.39 is 0 Å². The van der Waals surface area contributed by atoms with Crippen LogP contribution in [0, 0.1) is 11.3 Å². The van der Waals surface area contributed by atoms with Gasteiger partial charge in [-0.15, -0.1) is 0 Å². The van der Waals surface area contributed by atoms with Crippen LogP contribution in [-0.4, -0.2) is 54.7 Å². The van der Waals surface area contributed by atoms with Crippen LogP contribution in [0.5, 0.6) is 0 Å². The monoisotopic (exact) mass is 287 g/mol. The highest BCUT2D eigenvalue weighted by molar-refractivity contribution is 5.97. The molecule has 0 N–H and O–H groups in total. The van der Waals surface area contributed by atoms with Crippen LogP contribution in [0.3, 0.4) is 0 Å². The fourth-order valence-electron chi connectivity index (χ4n) is 2.03. The van der Waals surface area contributed by atoms with Crippen LogP contribution in [-0.2, 0) is 4.79 Å². The van der Waals surface area contributed by atoms with Crippen LogP contribution in [0.15, 0.2) is 24.3 Å². The average Bonchev–Trinajstić information content (AvgIpc) is 2.48. The number of carbonyl (C=O) groups is 2. The molecule has 0 aliphatic rings. The van der Waals surface area contributed by atoms with Gasteiger partial charge in [-0.3, -0.25) is 14.5 Å². The number of nitrogens with zero attached hydrogens (tertiary/aromatic N) is 3. The minimum absolute atomic E-state index is 0.0233. The van der Waals surface area contributed by atoms with Crippen molar-refractivity contribution in [2.24, 2.45) is 0 Å². The van der Waals surface area contributed by atoms with Crippen molar-refractivity contribution in [3.8, 4) is 6.07 Å². The van der Waals surface area contributed by atoms with E-state index in [4.69, 9.17) is 5.26 Å². The number of hydrogen-bond acceptors (Lipinski definition) is 4. The molecule has 0 bridgehead atoms. The van der Waals surface area contributed by atoms with E-state index in [1.54, 1.807) is 41.1 Å². The van der Waals surface area contributed by atoms with Crippen LogP contribution in [0.25, 0.3) is 0 Å². The average molecular weight is 287 g/mol. The first kappa shape index (κ1) is 16.9. The number of amides is 1. The molecule has 21 heavy (non-hydrogen) atoms. The van der Waals surface area contributed by atoms with Crippen LogP contribution in [0.4, 0.5) is 0 Å². The number of Topliss-reactive ketones (excluding diaryl/α,β-unsaturated/α-hetero) is 1. The van der Waals surface area contributed by atoms with E-state index in [0.717, 1.165) is 0 Å². The first-order valence-corrected chi connectivity index (χ1v) is 7.01. The Labute approximate surface area is 125 Å². The van der Waals surface area contributed by atoms with Gasteiger partial charge in [-0.25, -0.2) is 0 Å². The zero-order chi connectivity index (χ0) is 15.8. The van der Waals surface area contributed by atoms with E-state index >= 15 is 0 Å². The van der Waals surface area contributed by atoms with E-state index in [-0.39, 0.29) is 24.8 Å². The van der Waals surface area contributed by atoms with Crippen molar-refractivity contribution in [3.05, 3.63) is 35.4 Å². The summed E-state index contributed by atoms with van der Waals surface area (Å²) >= 11 is 0. The quantitative estimate of drug-likeness (QED) is 0.714. The van der Waals surface area contributed by atoms with Gasteiger partial charge < -0.3 is 4.90 Å². The number of ketones is 1. The summed E-state index contributed by atoms with van der Waals surface area (Å²) < 4.78 is 0. The molecule has 0 aromatic heterocycles. The Morgan fingerprint density at radius 2 is 1.67 bits per heavy atom. The summed E-state index contributed by atoms with van der Waals surface area (Å²) in [6.45, 7) is 5.62. The zero-order valence-corrected chi connectivity index (χ0v) is 12.8. The largest absolute Gasteiger partial charge is 0.342 e. The predicted octanol–water partition coefficient (Wildman–Crippen LogP) is 1.54. The van der Waals surface area contributed by atoms with E-state index in [9.17, 15) is 9.59 Å². The third-order valence-corrected chi connectivity index (χ3v) is 3.27. The molecule has 0 heterocycles. The SMILES string of the molecule is CCN(CC)C(=O)CN(C)CC(=O)c1ccc(C#N)cc1. The van der Waals surface area contributed by atoms with Crippen LogP contribution < -0.4 is 0 Å². The standard InChI is InChI=1S/C16H21N3O2/c1-4-19(5-2)16(21)12-18(3)11-15(20)14-8-6-13(10-17)7-9-14/h6-9H,4-5,11-12H2,1-3H3. The Morgan fingerprint density at radius 1 is 1.10 bits per heavy atom. The van der Waals surface area contributed by atoms with Crippen molar-refractivity contribution >= 4 is 11.7 Å². The van der Waals surface area contributed by atoms with Gasteiger partial charge in [0.15, 0.2) is 5.78 Å². The molecule has 112 valence electrons. The van der Waals surface area contributed by atoms with Gasteiger partial charge in [0, 0.05) is 18.7 Å². The maximum absolute atomic E-state index is 12.1. The van der Waals surface area contributed by atoms with Crippen LogP contribution >= 0.6 is 0 Å². The molecule has 0 unspecified atom stereocenters. The van der Waals surface area contributed by atoms with Crippen LogP contribution in [0.1, 0.15) is 29.8 Å². The number of hydrogen-bond donors (Lipinski definition) is 0. The highest BCUT2D eigenvalue weighted by Gasteiger charge is 2.15. The fraction of sp³-hybridized carbons (Fsp3) is 0.438. The second-order valence-electron chi connectivity index (χ2n) is 4.85. The highest BCUT2D eigenvalue weighted by Crippen LogP contribution is 2.05. The fourth-order valence-corrected chi connectivity index (χ4v) is 2.03. The molecule has 0 saturated carbocycles. The third-order valence-electron chi connectivity index (χ3n) is 3.27. The van der Waals surface area contributed by atoms with Gasteiger partial charge in [0.25, 0.3) is 0 Å². The molecule has 5 nitrogen and oxygen atoms in total. The highest BCUT2D eigenvalue weighted by atomic mass is 16.2. The van der Waals surface area contributed by atoms with Gasteiger partial charge in [0.2, 0.25) is 5.91 Å². The molecule has 0 radical (unpaired) electrons. The molecular weight excluding hydrogens is 266 g/mol. The summed E-state index contributed by atoms with van der Waals surface area (Å²) in [5.74, 6) is -0.0375. The second kappa shape index (κ2) is 8.18. The molecule has 1 aromatic carbocycles. The molecule has 0 aliphatic carbocycles. The Bertz CT molecular complexity index is 527. The van der Waals surface area contributed by atoms with Gasteiger partial charge >= 0.3 is 0 Å². The smallest absolute Gasteiger partial charge is 0.236 e. The summed E-state index contributed by atoms with van der Waals surface area (Å²) in [5.41, 5.74) is 1.08. The Morgan fingerprint density at radius 3 is 2.14 bits per heavy atom. The molecule has 0 saturated heterocycles. The van der Waals surface area contributed by atoms with Crippen molar-refractivity contribution < 1.29 is 9.59 Å². The lowest BCUT2D eigenvalue weighted by atomic mass is 10.1. The summed E-state index contributed by atoms with van der Waals surface area (Å²) in [6.07, 6.45) is 0. The van der Waals surface area contributed by atoms with Crippen molar-refractivity contribution in [2.45, 2.75) is 13.8 Å². The summed E-state index contributed by atoms with van der Waals surface area (Å²) in [7, 11) is 1.75. The molecule has 1 amide bonds. The predicted molar refractivity (Wildman–Crippen MR) is 80.9 cm³/mol. The molecule has 0 aliphatic heterocycles. The minimum Gasteiger partial charge on any atom is -0.342 e. The molecule has 5 heteroatoms. The second-order valence-corrected chi connectivity index (χ2v) is 4.85. The van der Waals surface area contributed by atoms with E-state index in [1.165, 1.54) is 0 Å². The van der Waals surface area contributed by atoms with Crippen molar-refractivity contribution in [1.82, 2.24) is 9.80 Å². The Hall–Kier alpha value is -2.19. The van der Waals surface area contributed by atoms with Gasteiger partial charge in [-0.05, 0) is 33.0 Å². The molecule has 1 rings (SSSR count). The van der Waals surface area contributed by atoms with E-state index in [1.807, 2.05) is 19.9 Å². The lowest BCUT2D eigenvalue weighted by molar-refractivity contribution is -0.131. The van der Waals surface area contributed by atoms with E-state index in [0.29, 0.717) is 24.2 Å². The number of benzene rings is 1. The molecule has 0 fully saturated rings. The minimum atomic E-state index is -0.0608. The van der Waals surface area contributed by atoms with E-state index in [2.05, 4.69) is 0 Å². The summed E-state index contributed by atoms with van der Waals surface area (Å²) in [6, 6.07) is 8.53. The number of likely N-dealkylation sites (N-methyl/N-ethyl adjacent to an activating group) is 2. The Balaban J connectivity index is 2.57. The topological polar surface area (TPSA) is 64.4 Å². The van der Waals surface area contributed by atoms with Gasteiger partial charge in [-0.2, -0.15) is 5.26 Å². The lowest BCUT2D eigenvalue weighted by Gasteiger charge is -2.22. The van der Waals surface area contributed by atoms with Crippen molar-refractivity contribution in [3.63, 3.8) is 0 Å². The molecule has 0 atom stereocenters. The third kappa shape index (κ3) is 5.01. The summed E-state index contributed by atoms with van der Waals surface area (Å²) in [4.78, 5) is 27.5. The van der Waals surface area contributed by atoms with Gasteiger partial charge in [-0.1, -0.05) is 12.1 Å². The normalized spacial score (nSPS) is 10.2. The molecular formula is C16H21N3O2. The summed E-state index contributed by atoms with van der Waals surface area (Å²) in [5, 5.41) is 8.73. The maximum Gasteiger partial charge on any atom is 0.236 e. The van der Waals surface area contributed by atoms with Gasteiger partial charge in [0.1, 0.15) is 0 Å². The first-order chi connectivity index (χ1) is 10.0. The lowest BCUT2D eigenvalue weighted by Crippen LogP contribution is -2.40. The molecule has 0 spiro atoms. The first-order valence-electron chi connectivity index (χ1n) is 7.01. The number of nitriles is 1. The van der Waals surface area contributed by atoms with Gasteiger partial charge in [0.05, 0.1) is 24.7 Å². The molecule has 1 aromatic rings.